The molecule has 1 N–H and O–H groups in total. The lowest BCUT2D eigenvalue weighted by atomic mass is 9.93. The Morgan fingerprint density at radius 3 is 2.56 bits per heavy atom. The number of aromatic nitrogens is 1. The third kappa shape index (κ3) is 5.07. The number of rotatable bonds is 7. The summed E-state index contributed by atoms with van der Waals surface area (Å²) in [6.07, 6.45) is 6.28. The molecule has 104 valence electrons. The van der Waals surface area contributed by atoms with Gasteiger partial charge in [-0.15, -0.1) is 11.3 Å². The van der Waals surface area contributed by atoms with Crippen LogP contribution in [0.15, 0.2) is 5.38 Å². The molecular formula is C15H28N2S. The molecule has 0 bridgehead atoms. The third-order valence-corrected chi connectivity index (χ3v) is 4.18. The van der Waals surface area contributed by atoms with Gasteiger partial charge in [-0.2, -0.15) is 0 Å². The predicted molar refractivity (Wildman–Crippen MR) is 81.5 cm³/mol. The summed E-state index contributed by atoms with van der Waals surface area (Å²) >= 11 is 1.81. The van der Waals surface area contributed by atoms with Gasteiger partial charge in [-0.25, -0.2) is 4.98 Å². The van der Waals surface area contributed by atoms with Crippen molar-refractivity contribution in [2.75, 3.05) is 7.05 Å². The van der Waals surface area contributed by atoms with Gasteiger partial charge < -0.3 is 5.32 Å². The van der Waals surface area contributed by atoms with Crippen molar-refractivity contribution in [3.05, 3.63) is 16.1 Å². The Labute approximate surface area is 116 Å². The zero-order valence-electron chi connectivity index (χ0n) is 12.5. The Balaban J connectivity index is 2.51. The minimum atomic E-state index is 0.173. The molecule has 1 unspecified atom stereocenters. The van der Waals surface area contributed by atoms with Crippen molar-refractivity contribution in [1.82, 2.24) is 10.3 Å². The van der Waals surface area contributed by atoms with E-state index in [-0.39, 0.29) is 5.41 Å². The van der Waals surface area contributed by atoms with Gasteiger partial charge >= 0.3 is 0 Å². The van der Waals surface area contributed by atoms with Crippen LogP contribution in [-0.4, -0.2) is 18.1 Å². The highest BCUT2D eigenvalue weighted by Gasteiger charge is 2.18. The van der Waals surface area contributed by atoms with E-state index in [0.717, 1.165) is 6.42 Å². The van der Waals surface area contributed by atoms with Crippen LogP contribution in [-0.2, 0) is 11.8 Å². The highest BCUT2D eigenvalue weighted by Crippen LogP contribution is 2.24. The lowest BCUT2D eigenvalue weighted by Gasteiger charge is -2.16. The van der Waals surface area contributed by atoms with Crippen molar-refractivity contribution in [2.24, 2.45) is 0 Å². The van der Waals surface area contributed by atoms with Crippen LogP contribution < -0.4 is 5.32 Å². The maximum Gasteiger partial charge on any atom is 0.0944 e. The summed E-state index contributed by atoms with van der Waals surface area (Å²) in [6.45, 7) is 8.93. The topological polar surface area (TPSA) is 24.9 Å². The number of nitrogens with zero attached hydrogens (tertiary/aromatic N) is 1. The second-order valence-corrected chi connectivity index (χ2v) is 7.00. The first-order valence-electron chi connectivity index (χ1n) is 7.09. The predicted octanol–water partition coefficient (Wildman–Crippen LogP) is 4.15. The Morgan fingerprint density at radius 2 is 2.06 bits per heavy atom. The molecule has 0 amide bonds. The van der Waals surface area contributed by atoms with E-state index in [1.807, 2.05) is 11.3 Å². The van der Waals surface area contributed by atoms with Crippen LogP contribution in [0.1, 0.15) is 64.1 Å². The number of likely N-dealkylation sites (N-methyl/N-ethyl adjacent to an activating group) is 1. The molecule has 0 fully saturated rings. The molecular weight excluding hydrogens is 240 g/mol. The van der Waals surface area contributed by atoms with Crippen molar-refractivity contribution >= 4 is 11.3 Å². The van der Waals surface area contributed by atoms with Gasteiger partial charge in [-0.1, -0.05) is 47.0 Å². The summed E-state index contributed by atoms with van der Waals surface area (Å²) in [5.74, 6) is 0. The van der Waals surface area contributed by atoms with Gasteiger partial charge in [-0.3, -0.25) is 0 Å². The standard InChI is InChI=1S/C15H28N2S/c1-6-7-8-9-12(16-5)10-14-17-13(11-18-14)15(2,3)4/h11-12,16H,6-10H2,1-5H3. The van der Waals surface area contributed by atoms with E-state index < -0.39 is 0 Å². The van der Waals surface area contributed by atoms with E-state index in [9.17, 15) is 0 Å². The summed E-state index contributed by atoms with van der Waals surface area (Å²) in [4.78, 5) is 4.78. The molecule has 1 heterocycles. The van der Waals surface area contributed by atoms with Gasteiger partial charge in [0.2, 0.25) is 0 Å². The smallest absolute Gasteiger partial charge is 0.0944 e. The van der Waals surface area contributed by atoms with Crippen LogP contribution >= 0.6 is 11.3 Å². The number of hydrogen-bond donors (Lipinski definition) is 1. The first kappa shape index (κ1) is 15.6. The average Bonchev–Trinajstić information content (AvgIpc) is 2.76. The zero-order chi connectivity index (χ0) is 13.6. The number of hydrogen-bond acceptors (Lipinski definition) is 3. The molecule has 0 aromatic carbocycles. The van der Waals surface area contributed by atoms with Gasteiger partial charge in [-0.05, 0) is 13.5 Å². The molecule has 0 aliphatic carbocycles. The summed E-state index contributed by atoms with van der Waals surface area (Å²) in [7, 11) is 2.06. The van der Waals surface area contributed by atoms with E-state index in [1.165, 1.54) is 36.4 Å². The van der Waals surface area contributed by atoms with E-state index >= 15 is 0 Å². The Hall–Kier alpha value is -0.410. The Bertz CT molecular complexity index is 339. The van der Waals surface area contributed by atoms with E-state index in [1.54, 1.807) is 0 Å². The van der Waals surface area contributed by atoms with Gasteiger partial charge in [0.05, 0.1) is 10.7 Å². The molecule has 1 rings (SSSR count). The molecule has 1 aromatic heterocycles. The van der Waals surface area contributed by atoms with E-state index in [0.29, 0.717) is 6.04 Å². The quantitative estimate of drug-likeness (QED) is 0.751. The van der Waals surface area contributed by atoms with Crippen LogP contribution in [0.25, 0.3) is 0 Å². The highest BCUT2D eigenvalue weighted by molar-refractivity contribution is 7.09. The van der Waals surface area contributed by atoms with Crippen molar-refractivity contribution < 1.29 is 0 Å². The molecule has 0 aliphatic heterocycles. The minimum Gasteiger partial charge on any atom is -0.317 e. The average molecular weight is 268 g/mol. The number of nitrogens with one attached hydrogen (secondary N) is 1. The van der Waals surface area contributed by atoms with Gasteiger partial charge in [0.1, 0.15) is 0 Å². The second-order valence-electron chi connectivity index (χ2n) is 6.06. The van der Waals surface area contributed by atoms with Crippen LogP contribution in [0.5, 0.6) is 0 Å². The van der Waals surface area contributed by atoms with Crippen molar-refractivity contribution in [3.8, 4) is 0 Å². The maximum absolute atomic E-state index is 4.78. The second kappa shape index (κ2) is 7.25. The fourth-order valence-electron chi connectivity index (χ4n) is 1.95. The SMILES string of the molecule is CCCCCC(Cc1nc(C(C)(C)C)cs1)NC. The normalized spacial score (nSPS) is 13.8. The molecule has 0 aliphatic rings. The molecule has 1 aromatic rings. The number of unbranched alkanes of at least 4 members (excludes halogenated alkanes) is 2. The van der Waals surface area contributed by atoms with Crippen molar-refractivity contribution in [1.29, 1.82) is 0 Å². The van der Waals surface area contributed by atoms with Crippen molar-refractivity contribution in [2.45, 2.75) is 71.3 Å². The highest BCUT2D eigenvalue weighted by atomic mass is 32.1. The maximum atomic E-state index is 4.78. The fraction of sp³-hybridized carbons (Fsp3) is 0.800. The zero-order valence-corrected chi connectivity index (χ0v) is 13.4. The van der Waals surface area contributed by atoms with Crippen LogP contribution in [0.4, 0.5) is 0 Å². The van der Waals surface area contributed by atoms with Crippen LogP contribution in [0.3, 0.4) is 0 Å². The summed E-state index contributed by atoms with van der Waals surface area (Å²) in [6, 6.07) is 0.579. The van der Waals surface area contributed by atoms with Crippen molar-refractivity contribution in [3.63, 3.8) is 0 Å². The molecule has 2 nitrogen and oxygen atoms in total. The summed E-state index contributed by atoms with van der Waals surface area (Å²) in [5, 5.41) is 6.91. The Kier molecular flexibility index (Phi) is 6.30. The van der Waals surface area contributed by atoms with Crippen LogP contribution in [0.2, 0.25) is 0 Å². The lowest BCUT2D eigenvalue weighted by Crippen LogP contribution is -2.27. The minimum absolute atomic E-state index is 0.173. The third-order valence-electron chi connectivity index (χ3n) is 3.31. The summed E-state index contributed by atoms with van der Waals surface area (Å²) < 4.78 is 0. The van der Waals surface area contributed by atoms with Gasteiger partial charge in [0, 0.05) is 23.3 Å². The van der Waals surface area contributed by atoms with E-state index in [4.69, 9.17) is 4.98 Å². The van der Waals surface area contributed by atoms with Crippen LogP contribution in [0, 0.1) is 0 Å². The molecule has 3 heteroatoms. The lowest BCUT2D eigenvalue weighted by molar-refractivity contribution is 0.487. The van der Waals surface area contributed by atoms with Gasteiger partial charge in [0.25, 0.3) is 0 Å². The molecule has 0 saturated heterocycles. The summed E-state index contributed by atoms with van der Waals surface area (Å²) in [5.41, 5.74) is 1.40. The molecule has 18 heavy (non-hydrogen) atoms. The molecule has 0 saturated carbocycles. The largest absolute Gasteiger partial charge is 0.317 e. The van der Waals surface area contributed by atoms with Gasteiger partial charge in [0.15, 0.2) is 0 Å². The van der Waals surface area contributed by atoms with E-state index in [2.05, 4.69) is 45.4 Å². The molecule has 0 spiro atoms. The first-order chi connectivity index (χ1) is 8.47. The fourth-order valence-corrected chi connectivity index (χ4v) is 3.05. The Morgan fingerprint density at radius 1 is 1.33 bits per heavy atom. The molecule has 0 radical (unpaired) electrons. The monoisotopic (exact) mass is 268 g/mol. The number of thiazole rings is 1. The first-order valence-corrected chi connectivity index (χ1v) is 7.97. The molecule has 1 atom stereocenters.